The van der Waals surface area contributed by atoms with Gasteiger partial charge in [0.05, 0.1) is 65.9 Å². The Morgan fingerprint density at radius 1 is 0.528 bits per heavy atom. The Balaban J connectivity index is 3.62. The minimum absolute atomic E-state index is 0.164. The summed E-state index contributed by atoms with van der Waals surface area (Å²) in [6.45, 7) is 3.50. The van der Waals surface area contributed by atoms with Crippen LogP contribution in [0.3, 0.4) is 0 Å². The Morgan fingerprint density at radius 3 is 1.14 bits per heavy atom. The third-order valence-electron chi connectivity index (χ3n) is 6.82. The molecular formula is C25H55N3O6S2+2. The molecule has 0 atom stereocenters. The number of nitrogens with zero attached hydrogens (tertiary/aromatic N) is 2. The standard InChI is InChI=1S/C25H53N3O6S2/c1-27(2,21-15-23-35(29,30)31)19-13-9-5-7-11-17-25(26)18-12-8-6-10-14-20-28(3,4)22-16-24-36(32,33)34/h26H,5-24H2,1-4H3/p+2. The number of hydrogen-bond acceptors (Lipinski definition) is 5. The van der Waals surface area contributed by atoms with Crippen LogP contribution in [0.5, 0.6) is 0 Å². The molecule has 0 aromatic rings. The summed E-state index contributed by atoms with van der Waals surface area (Å²) in [5.74, 6) is -0.329. The van der Waals surface area contributed by atoms with Gasteiger partial charge in [-0.25, -0.2) is 0 Å². The summed E-state index contributed by atoms with van der Waals surface area (Å²) < 4.78 is 62.5. The number of quaternary nitrogens is 2. The van der Waals surface area contributed by atoms with E-state index >= 15 is 0 Å². The molecule has 0 aliphatic carbocycles. The molecule has 0 aliphatic heterocycles. The van der Waals surface area contributed by atoms with Gasteiger partial charge in [0.15, 0.2) is 0 Å². The van der Waals surface area contributed by atoms with E-state index in [4.69, 9.17) is 14.5 Å². The van der Waals surface area contributed by atoms with E-state index in [-0.39, 0.29) is 11.5 Å². The lowest BCUT2D eigenvalue weighted by molar-refractivity contribution is -0.890. The highest BCUT2D eigenvalue weighted by Gasteiger charge is 2.17. The molecule has 0 spiro atoms. The van der Waals surface area contributed by atoms with Crippen molar-refractivity contribution in [2.24, 2.45) is 0 Å². The average molecular weight is 558 g/mol. The fraction of sp³-hybridized carbons (Fsp3) is 0.960. The van der Waals surface area contributed by atoms with Crippen molar-refractivity contribution in [3.05, 3.63) is 0 Å². The molecule has 0 amide bonds. The monoisotopic (exact) mass is 557 g/mol. The van der Waals surface area contributed by atoms with Gasteiger partial charge in [0, 0.05) is 18.6 Å². The summed E-state index contributed by atoms with van der Waals surface area (Å²) in [5, 5.41) is 8.18. The molecule has 0 bridgehead atoms. The summed E-state index contributed by atoms with van der Waals surface area (Å²) in [6.07, 6.45) is 14.1. The quantitative estimate of drug-likeness (QED) is 0.0697. The number of unbranched alkanes of at least 4 members (excludes halogenated alkanes) is 8. The Bertz CT molecular complexity index is 746. The van der Waals surface area contributed by atoms with E-state index in [2.05, 4.69) is 28.2 Å². The molecule has 0 aromatic carbocycles. The van der Waals surface area contributed by atoms with Crippen molar-refractivity contribution < 1.29 is 34.9 Å². The third kappa shape index (κ3) is 25.1. The third-order valence-corrected chi connectivity index (χ3v) is 8.42. The van der Waals surface area contributed by atoms with Gasteiger partial charge in [0.2, 0.25) is 0 Å². The molecule has 0 saturated heterocycles. The molecule has 0 rings (SSSR count). The summed E-state index contributed by atoms with van der Waals surface area (Å²) >= 11 is 0. The zero-order valence-corrected chi connectivity index (χ0v) is 25.0. The molecule has 0 fully saturated rings. The molecule has 0 aromatic heterocycles. The normalized spacial score (nSPS) is 13.3. The van der Waals surface area contributed by atoms with Crippen molar-refractivity contribution in [3.8, 4) is 0 Å². The lowest BCUT2D eigenvalue weighted by Crippen LogP contribution is -2.41. The second kappa shape index (κ2) is 17.8. The van der Waals surface area contributed by atoms with Gasteiger partial charge in [-0.2, -0.15) is 16.8 Å². The fourth-order valence-corrected chi connectivity index (χ4v) is 5.50. The maximum absolute atomic E-state index is 10.8. The molecule has 0 saturated carbocycles. The zero-order chi connectivity index (χ0) is 27.7. The van der Waals surface area contributed by atoms with Gasteiger partial charge in [-0.15, -0.1) is 0 Å². The van der Waals surface area contributed by atoms with E-state index in [1.165, 1.54) is 12.8 Å². The van der Waals surface area contributed by atoms with Crippen LogP contribution in [-0.4, -0.2) is 106 Å². The maximum Gasteiger partial charge on any atom is 0.265 e. The Kier molecular flexibility index (Phi) is 17.5. The van der Waals surface area contributed by atoms with Crippen molar-refractivity contribution in [2.75, 3.05) is 65.9 Å². The topological polar surface area (TPSA) is 133 Å². The molecule has 11 heteroatoms. The number of nitrogens with one attached hydrogen (secondary N) is 1. The lowest BCUT2D eigenvalue weighted by atomic mass is 10.0. The van der Waals surface area contributed by atoms with Crippen LogP contribution in [0.1, 0.15) is 89.9 Å². The summed E-state index contributed by atoms with van der Waals surface area (Å²) in [5.41, 5.74) is 0.864. The van der Waals surface area contributed by atoms with Crippen molar-refractivity contribution in [1.82, 2.24) is 0 Å². The Hall–Kier alpha value is -0.590. The van der Waals surface area contributed by atoms with Crippen LogP contribution in [0.2, 0.25) is 0 Å². The zero-order valence-electron chi connectivity index (χ0n) is 23.4. The van der Waals surface area contributed by atoms with Crippen molar-refractivity contribution in [2.45, 2.75) is 89.9 Å². The molecule has 36 heavy (non-hydrogen) atoms. The second-order valence-electron chi connectivity index (χ2n) is 11.7. The minimum atomic E-state index is -3.86. The SMILES string of the molecule is C[N+](C)(CCCCCCCC(=N)CCCCCCC[N+](C)(C)CCCS(=O)(=O)O)CCCS(=O)(=O)O. The highest BCUT2D eigenvalue weighted by Crippen LogP contribution is 2.13. The lowest BCUT2D eigenvalue weighted by Gasteiger charge is -2.29. The molecule has 0 heterocycles. The largest absolute Gasteiger partial charge is 0.328 e. The van der Waals surface area contributed by atoms with E-state index < -0.39 is 20.2 Å². The van der Waals surface area contributed by atoms with Crippen LogP contribution in [0.4, 0.5) is 0 Å². The highest BCUT2D eigenvalue weighted by molar-refractivity contribution is 7.86. The second-order valence-corrected chi connectivity index (χ2v) is 14.8. The Labute approximate surface area is 221 Å². The molecule has 0 unspecified atom stereocenters. The van der Waals surface area contributed by atoms with Crippen molar-refractivity contribution in [1.29, 1.82) is 5.41 Å². The van der Waals surface area contributed by atoms with Crippen LogP contribution in [0.15, 0.2) is 0 Å². The van der Waals surface area contributed by atoms with E-state index in [9.17, 15) is 16.8 Å². The highest BCUT2D eigenvalue weighted by atomic mass is 32.2. The van der Waals surface area contributed by atoms with Gasteiger partial charge in [0.25, 0.3) is 20.2 Å². The minimum Gasteiger partial charge on any atom is -0.328 e. The van der Waals surface area contributed by atoms with Crippen molar-refractivity contribution >= 4 is 25.9 Å². The van der Waals surface area contributed by atoms with Gasteiger partial charge >= 0.3 is 0 Å². The van der Waals surface area contributed by atoms with E-state index in [1.54, 1.807) is 0 Å². The summed E-state index contributed by atoms with van der Waals surface area (Å²) in [4.78, 5) is 0. The average Bonchev–Trinajstić information content (AvgIpc) is 2.70. The first-order chi connectivity index (χ1) is 16.5. The molecular weight excluding hydrogens is 502 g/mol. The first-order valence-corrected chi connectivity index (χ1v) is 16.8. The van der Waals surface area contributed by atoms with Gasteiger partial charge in [0.1, 0.15) is 0 Å². The van der Waals surface area contributed by atoms with Gasteiger partial charge in [-0.3, -0.25) is 9.11 Å². The van der Waals surface area contributed by atoms with Crippen LogP contribution in [0.25, 0.3) is 0 Å². The van der Waals surface area contributed by atoms with E-state index in [1.807, 2.05) is 0 Å². The number of rotatable bonds is 24. The molecule has 0 aliphatic rings. The predicted octanol–water partition coefficient (Wildman–Crippen LogP) is 4.40. The summed E-state index contributed by atoms with van der Waals surface area (Å²) in [7, 11) is 0.678. The van der Waals surface area contributed by atoms with Gasteiger partial charge < -0.3 is 14.4 Å². The Morgan fingerprint density at radius 2 is 0.806 bits per heavy atom. The predicted molar refractivity (Wildman–Crippen MR) is 149 cm³/mol. The fourth-order valence-electron chi connectivity index (χ4n) is 4.52. The van der Waals surface area contributed by atoms with Crippen LogP contribution < -0.4 is 0 Å². The van der Waals surface area contributed by atoms with E-state index in [0.29, 0.717) is 12.8 Å². The molecule has 9 nitrogen and oxygen atoms in total. The number of hydrogen-bond donors (Lipinski definition) is 3. The van der Waals surface area contributed by atoms with Gasteiger partial charge in [-0.1, -0.05) is 25.7 Å². The van der Waals surface area contributed by atoms with Gasteiger partial charge in [-0.05, 0) is 51.4 Å². The van der Waals surface area contributed by atoms with E-state index in [0.717, 1.165) is 105 Å². The van der Waals surface area contributed by atoms with Crippen LogP contribution in [-0.2, 0) is 20.2 Å². The van der Waals surface area contributed by atoms with Crippen LogP contribution in [0, 0.1) is 5.41 Å². The first-order valence-electron chi connectivity index (χ1n) is 13.6. The van der Waals surface area contributed by atoms with Crippen LogP contribution >= 0.6 is 0 Å². The first kappa shape index (κ1) is 35.4. The smallest absolute Gasteiger partial charge is 0.265 e. The maximum atomic E-state index is 10.8. The summed E-state index contributed by atoms with van der Waals surface area (Å²) in [6, 6.07) is 0. The molecule has 0 radical (unpaired) electrons. The van der Waals surface area contributed by atoms with Crippen molar-refractivity contribution in [3.63, 3.8) is 0 Å². The molecule has 216 valence electrons. The molecule has 3 N–H and O–H groups in total.